The quantitative estimate of drug-likeness (QED) is 0.508. The van der Waals surface area contributed by atoms with Gasteiger partial charge in [0, 0.05) is 18.2 Å². The van der Waals surface area contributed by atoms with E-state index in [2.05, 4.69) is 18.8 Å². The van der Waals surface area contributed by atoms with Crippen LogP contribution in [0.5, 0.6) is 17.4 Å². The van der Waals surface area contributed by atoms with Gasteiger partial charge >= 0.3 is 5.97 Å². The molecule has 0 radical (unpaired) electrons. The molecule has 1 saturated heterocycles. The molecule has 2 aliphatic carbocycles. The second-order valence-electron chi connectivity index (χ2n) is 10.3. The van der Waals surface area contributed by atoms with Crippen LogP contribution >= 0.6 is 0 Å². The maximum Gasteiger partial charge on any atom is 0.326 e. The first-order chi connectivity index (χ1) is 16.8. The minimum Gasteiger partial charge on any atom is -0.480 e. The number of nitrogens with zero attached hydrogens (tertiary/aromatic N) is 2. The number of carboxylic acid groups (broad SMARTS) is 1. The van der Waals surface area contributed by atoms with Crippen LogP contribution in [-0.4, -0.2) is 46.1 Å². The van der Waals surface area contributed by atoms with E-state index in [1.807, 2.05) is 6.07 Å². The van der Waals surface area contributed by atoms with E-state index >= 15 is 4.39 Å². The number of rotatable bonds is 9. The summed E-state index contributed by atoms with van der Waals surface area (Å²) in [4.78, 5) is 30.4. The maximum absolute atomic E-state index is 15.2. The fourth-order valence-electron chi connectivity index (χ4n) is 4.64. The lowest BCUT2D eigenvalue weighted by molar-refractivity contribution is -0.141. The Morgan fingerprint density at radius 2 is 1.83 bits per heavy atom. The van der Waals surface area contributed by atoms with Crippen LogP contribution in [0.3, 0.4) is 0 Å². The van der Waals surface area contributed by atoms with Crippen LogP contribution in [0.1, 0.15) is 85.7 Å². The summed E-state index contributed by atoms with van der Waals surface area (Å²) in [6.07, 6.45) is 6.60. The third-order valence-corrected chi connectivity index (χ3v) is 6.80. The maximum atomic E-state index is 15.2. The normalized spacial score (nSPS) is 19.8. The van der Waals surface area contributed by atoms with Crippen LogP contribution in [-0.2, 0) is 4.79 Å². The van der Waals surface area contributed by atoms with E-state index in [4.69, 9.17) is 9.47 Å². The van der Waals surface area contributed by atoms with E-state index in [9.17, 15) is 14.7 Å². The van der Waals surface area contributed by atoms with Gasteiger partial charge in [-0.05, 0) is 74.0 Å². The van der Waals surface area contributed by atoms with Gasteiger partial charge in [0.05, 0.1) is 18.4 Å². The first-order valence-corrected chi connectivity index (χ1v) is 12.5. The Labute approximate surface area is 204 Å². The first-order valence-electron chi connectivity index (χ1n) is 12.5. The minimum atomic E-state index is -1.06. The molecule has 7 nitrogen and oxygen atoms in total. The Morgan fingerprint density at radius 1 is 1.11 bits per heavy atom. The number of hydrogen-bond donors (Lipinski definition) is 1. The third-order valence-electron chi connectivity index (χ3n) is 6.80. The smallest absolute Gasteiger partial charge is 0.326 e. The standard InChI is InChI=1S/C27H31FN2O5/c1-15(2)14-34-25-20(17-7-8-17)10-18(13-29-25)35-24-12-22(28)21(11-19(24)16-5-6-16)26(31)30-9-3-4-23(30)27(32)33/h10-13,15-17,23H,3-9,14H2,1-2H3,(H,32,33)/t23-/m0/s1. The lowest BCUT2D eigenvalue weighted by Crippen LogP contribution is -2.40. The summed E-state index contributed by atoms with van der Waals surface area (Å²) in [7, 11) is 0. The molecule has 0 unspecified atom stereocenters. The van der Waals surface area contributed by atoms with Gasteiger partial charge in [0.15, 0.2) is 0 Å². The van der Waals surface area contributed by atoms with Crippen LogP contribution in [0.2, 0.25) is 0 Å². The molecular formula is C27H31FN2O5. The number of carboxylic acids is 1. The molecule has 3 fully saturated rings. The summed E-state index contributed by atoms with van der Waals surface area (Å²) in [6.45, 7) is 5.07. The summed E-state index contributed by atoms with van der Waals surface area (Å²) in [5.41, 5.74) is 1.69. The monoisotopic (exact) mass is 482 g/mol. The largest absolute Gasteiger partial charge is 0.480 e. The predicted octanol–water partition coefficient (Wildman–Crippen LogP) is 5.49. The molecule has 0 bridgehead atoms. The van der Waals surface area contributed by atoms with Gasteiger partial charge in [-0.3, -0.25) is 4.79 Å². The Kier molecular flexibility index (Phi) is 6.38. The number of benzene rings is 1. The number of aromatic nitrogens is 1. The summed E-state index contributed by atoms with van der Waals surface area (Å²) in [5.74, 6) is 0.136. The Balaban J connectivity index is 1.42. The highest BCUT2D eigenvalue weighted by atomic mass is 19.1. The predicted molar refractivity (Wildman–Crippen MR) is 127 cm³/mol. The molecular weight excluding hydrogens is 451 g/mol. The van der Waals surface area contributed by atoms with Crippen molar-refractivity contribution in [1.82, 2.24) is 9.88 Å². The Morgan fingerprint density at radius 3 is 2.49 bits per heavy atom. The third kappa shape index (κ3) is 5.11. The molecule has 1 aliphatic heterocycles. The molecule has 0 spiro atoms. The van der Waals surface area contributed by atoms with Crippen LogP contribution < -0.4 is 9.47 Å². The van der Waals surface area contributed by atoms with Gasteiger partial charge < -0.3 is 19.5 Å². The molecule has 35 heavy (non-hydrogen) atoms. The van der Waals surface area contributed by atoms with Crippen molar-refractivity contribution in [3.05, 3.63) is 46.9 Å². The highest BCUT2D eigenvalue weighted by molar-refractivity contribution is 5.97. The molecule has 1 amide bonds. The van der Waals surface area contributed by atoms with E-state index in [0.717, 1.165) is 36.8 Å². The van der Waals surface area contributed by atoms with Gasteiger partial charge in [0.25, 0.3) is 5.91 Å². The van der Waals surface area contributed by atoms with Gasteiger partial charge in [-0.25, -0.2) is 14.2 Å². The van der Waals surface area contributed by atoms with Crippen molar-refractivity contribution in [2.75, 3.05) is 13.2 Å². The van der Waals surface area contributed by atoms with Crippen molar-refractivity contribution in [1.29, 1.82) is 0 Å². The number of hydrogen-bond acceptors (Lipinski definition) is 5. The zero-order chi connectivity index (χ0) is 24.7. The molecule has 3 aliphatic rings. The van der Waals surface area contributed by atoms with Crippen LogP contribution in [0.15, 0.2) is 24.4 Å². The van der Waals surface area contributed by atoms with Gasteiger partial charge in [-0.15, -0.1) is 0 Å². The zero-order valence-electron chi connectivity index (χ0n) is 20.1. The molecule has 2 heterocycles. The summed E-state index contributed by atoms with van der Waals surface area (Å²) < 4.78 is 27.2. The molecule has 2 saturated carbocycles. The van der Waals surface area contributed by atoms with E-state index in [0.29, 0.717) is 55.2 Å². The summed E-state index contributed by atoms with van der Waals surface area (Å²) in [6, 6.07) is 3.82. The van der Waals surface area contributed by atoms with Crippen molar-refractivity contribution < 1.29 is 28.6 Å². The average molecular weight is 483 g/mol. The lowest BCUT2D eigenvalue weighted by Gasteiger charge is -2.22. The van der Waals surface area contributed by atoms with Crippen LogP contribution in [0, 0.1) is 11.7 Å². The lowest BCUT2D eigenvalue weighted by atomic mass is 10.0. The topological polar surface area (TPSA) is 89.0 Å². The fraction of sp³-hybridized carbons (Fsp3) is 0.519. The van der Waals surface area contributed by atoms with Gasteiger partial charge in [-0.2, -0.15) is 0 Å². The number of amides is 1. The van der Waals surface area contributed by atoms with Crippen molar-refractivity contribution >= 4 is 11.9 Å². The first kappa shape index (κ1) is 23.6. The summed E-state index contributed by atoms with van der Waals surface area (Å²) >= 11 is 0. The van der Waals surface area contributed by atoms with E-state index in [1.165, 1.54) is 11.0 Å². The number of carbonyl (C=O) groups is 2. The highest BCUT2D eigenvalue weighted by Gasteiger charge is 2.37. The molecule has 2 aromatic rings. The SMILES string of the molecule is CC(C)COc1ncc(Oc2cc(F)c(C(=O)N3CCC[C@H]3C(=O)O)cc2C2CC2)cc1C1CC1. The molecule has 1 atom stereocenters. The number of pyridine rings is 1. The average Bonchev–Trinajstić information content (AvgIpc) is 3.75. The molecule has 1 N–H and O–H groups in total. The van der Waals surface area contributed by atoms with Crippen LogP contribution in [0.25, 0.3) is 0 Å². The molecule has 186 valence electrons. The van der Waals surface area contributed by atoms with Crippen LogP contribution in [0.4, 0.5) is 4.39 Å². The van der Waals surface area contributed by atoms with E-state index in [1.54, 1.807) is 12.3 Å². The number of ether oxygens (including phenoxy) is 2. The zero-order valence-corrected chi connectivity index (χ0v) is 20.1. The van der Waals surface area contributed by atoms with Gasteiger partial charge in [-0.1, -0.05) is 13.8 Å². The van der Waals surface area contributed by atoms with Crippen molar-refractivity contribution in [2.45, 2.75) is 70.3 Å². The number of likely N-dealkylation sites (tertiary alicyclic amines) is 1. The van der Waals surface area contributed by atoms with Crippen molar-refractivity contribution in [2.24, 2.45) is 5.92 Å². The molecule has 5 rings (SSSR count). The fourth-order valence-corrected chi connectivity index (χ4v) is 4.64. The Bertz CT molecular complexity index is 1140. The van der Waals surface area contributed by atoms with Crippen molar-refractivity contribution in [3.8, 4) is 17.4 Å². The Hall–Kier alpha value is -3.16. The molecule has 1 aromatic heterocycles. The van der Waals surface area contributed by atoms with Crippen molar-refractivity contribution in [3.63, 3.8) is 0 Å². The number of aliphatic carboxylic acids is 1. The van der Waals surface area contributed by atoms with Gasteiger partial charge in [0.1, 0.15) is 23.4 Å². The number of halogens is 1. The second-order valence-corrected chi connectivity index (χ2v) is 10.3. The molecule has 1 aromatic carbocycles. The molecule has 8 heteroatoms. The number of carbonyl (C=O) groups excluding carboxylic acids is 1. The summed E-state index contributed by atoms with van der Waals surface area (Å²) in [5, 5.41) is 9.43. The van der Waals surface area contributed by atoms with Gasteiger partial charge in [0.2, 0.25) is 5.88 Å². The van der Waals surface area contributed by atoms with E-state index in [-0.39, 0.29) is 11.5 Å². The highest BCUT2D eigenvalue weighted by Crippen LogP contribution is 2.48. The minimum absolute atomic E-state index is 0.0957. The van der Waals surface area contributed by atoms with E-state index < -0.39 is 23.7 Å². The second kappa shape index (κ2) is 9.47.